The second-order valence-electron chi connectivity index (χ2n) is 8.87. The predicted molar refractivity (Wildman–Crippen MR) is 99.1 cm³/mol. The van der Waals surface area contributed by atoms with E-state index in [0.29, 0.717) is 11.5 Å². The minimum Gasteiger partial charge on any atom is -0.494 e. The Hall–Kier alpha value is -1.02. The molecular weight excluding hydrogens is 294 g/mol. The van der Waals surface area contributed by atoms with Gasteiger partial charge in [0.25, 0.3) is 0 Å². The van der Waals surface area contributed by atoms with Gasteiger partial charge in [0, 0.05) is 12.6 Å². The summed E-state index contributed by atoms with van der Waals surface area (Å²) < 4.78 is 5.68. The Morgan fingerprint density at radius 2 is 1.62 bits per heavy atom. The SMILES string of the molecule is CCCOc1ccc(CNC(C)C23CC4CC(CC(C4)C2)C3)cc1. The van der Waals surface area contributed by atoms with Gasteiger partial charge in [-0.15, -0.1) is 0 Å². The van der Waals surface area contributed by atoms with Gasteiger partial charge in [0.1, 0.15) is 5.75 Å². The molecule has 1 unspecified atom stereocenters. The molecular formula is C22H33NO. The Labute approximate surface area is 147 Å². The Balaban J connectivity index is 1.34. The minimum atomic E-state index is 0.596. The minimum absolute atomic E-state index is 0.596. The molecule has 0 amide bonds. The zero-order valence-corrected chi connectivity index (χ0v) is 15.4. The lowest BCUT2D eigenvalue weighted by Gasteiger charge is -2.59. The molecule has 0 aliphatic heterocycles. The molecule has 1 atom stereocenters. The molecule has 4 aliphatic rings. The molecule has 2 nitrogen and oxygen atoms in total. The summed E-state index contributed by atoms with van der Waals surface area (Å²) in [6.45, 7) is 6.38. The van der Waals surface area contributed by atoms with Crippen LogP contribution in [0.2, 0.25) is 0 Å². The van der Waals surface area contributed by atoms with Gasteiger partial charge in [-0.1, -0.05) is 19.1 Å². The number of benzene rings is 1. The lowest BCUT2D eigenvalue weighted by Crippen LogP contribution is -2.54. The van der Waals surface area contributed by atoms with Crippen LogP contribution in [-0.2, 0) is 6.54 Å². The Kier molecular flexibility index (Phi) is 4.60. The zero-order valence-electron chi connectivity index (χ0n) is 15.4. The number of nitrogens with one attached hydrogen (secondary N) is 1. The first-order valence-electron chi connectivity index (χ1n) is 10.1. The summed E-state index contributed by atoms with van der Waals surface area (Å²) in [7, 11) is 0. The first-order valence-corrected chi connectivity index (χ1v) is 10.1. The average Bonchev–Trinajstić information content (AvgIpc) is 2.57. The first-order chi connectivity index (χ1) is 11.7. The highest BCUT2D eigenvalue weighted by molar-refractivity contribution is 5.27. The van der Waals surface area contributed by atoms with E-state index < -0.39 is 0 Å². The van der Waals surface area contributed by atoms with Crippen molar-refractivity contribution in [3.05, 3.63) is 29.8 Å². The van der Waals surface area contributed by atoms with Crippen molar-refractivity contribution in [2.24, 2.45) is 23.2 Å². The van der Waals surface area contributed by atoms with Crippen molar-refractivity contribution >= 4 is 0 Å². The molecule has 0 heterocycles. The molecule has 0 saturated heterocycles. The molecule has 1 N–H and O–H groups in total. The van der Waals surface area contributed by atoms with Gasteiger partial charge >= 0.3 is 0 Å². The molecule has 132 valence electrons. The van der Waals surface area contributed by atoms with Crippen LogP contribution in [0.5, 0.6) is 5.75 Å². The number of ether oxygens (including phenoxy) is 1. The maximum Gasteiger partial charge on any atom is 0.119 e. The molecule has 0 spiro atoms. The van der Waals surface area contributed by atoms with E-state index in [1.54, 1.807) is 0 Å². The smallest absolute Gasteiger partial charge is 0.119 e. The summed E-state index contributed by atoms with van der Waals surface area (Å²) in [4.78, 5) is 0. The fourth-order valence-corrected chi connectivity index (χ4v) is 6.12. The predicted octanol–water partition coefficient (Wildman–Crippen LogP) is 5.17. The van der Waals surface area contributed by atoms with Crippen molar-refractivity contribution in [3.63, 3.8) is 0 Å². The second-order valence-corrected chi connectivity index (χ2v) is 8.87. The molecule has 0 aromatic heterocycles. The Bertz CT molecular complexity index is 514. The van der Waals surface area contributed by atoms with Crippen LogP contribution < -0.4 is 10.1 Å². The van der Waals surface area contributed by atoms with E-state index in [1.807, 2.05) is 0 Å². The lowest BCUT2D eigenvalue weighted by molar-refractivity contribution is -0.0706. The molecule has 0 radical (unpaired) electrons. The quantitative estimate of drug-likeness (QED) is 0.746. The topological polar surface area (TPSA) is 21.3 Å². The van der Waals surface area contributed by atoms with Crippen LogP contribution in [-0.4, -0.2) is 12.6 Å². The number of hydrogen-bond acceptors (Lipinski definition) is 2. The van der Waals surface area contributed by atoms with Crippen LogP contribution in [0, 0.1) is 23.2 Å². The summed E-state index contributed by atoms with van der Waals surface area (Å²) in [6.07, 6.45) is 10.1. The third-order valence-corrected chi connectivity index (χ3v) is 7.01. The molecule has 4 bridgehead atoms. The van der Waals surface area contributed by atoms with Crippen LogP contribution in [0.4, 0.5) is 0 Å². The monoisotopic (exact) mass is 327 g/mol. The number of rotatable bonds is 7. The Morgan fingerprint density at radius 3 is 2.17 bits per heavy atom. The molecule has 24 heavy (non-hydrogen) atoms. The summed E-state index contributed by atoms with van der Waals surface area (Å²) >= 11 is 0. The van der Waals surface area contributed by atoms with Crippen molar-refractivity contribution in [2.45, 2.75) is 71.4 Å². The van der Waals surface area contributed by atoms with Crippen LogP contribution in [0.1, 0.15) is 64.4 Å². The molecule has 5 rings (SSSR count). The van der Waals surface area contributed by atoms with Crippen LogP contribution in [0.3, 0.4) is 0 Å². The fourth-order valence-electron chi connectivity index (χ4n) is 6.12. The van der Waals surface area contributed by atoms with Crippen LogP contribution >= 0.6 is 0 Å². The van der Waals surface area contributed by atoms with Gasteiger partial charge in [0.2, 0.25) is 0 Å². The molecule has 1 aromatic carbocycles. The van der Waals surface area contributed by atoms with Gasteiger partial charge in [-0.25, -0.2) is 0 Å². The zero-order chi connectivity index (χ0) is 16.6. The van der Waals surface area contributed by atoms with Crippen molar-refractivity contribution in [2.75, 3.05) is 6.61 Å². The molecule has 4 aliphatic carbocycles. The average molecular weight is 328 g/mol. The van der Waals surface area contributed by atoms with Crippen molar-refractivity contribution in [1.82, 2.24) is 5.32 Å². The molecule has 4 saturated carbocycles. The largest absolute Gasteiger partial charge is 0.494 e. The maximum atomic E-state index is 5.68. The van der Waals surface area contributed by atoms with E-state index >= 15 is 0 Å². The van der Waals surface area contributed by atoms with Gasteiger partial charge in [-0.3, -0.25) is 0 Å². The molecule has 2 heteroatoms. The summed E-state index contributed by atoms with van der Waals surface area (Å²) in [5, 5.41) is 3.88. The van der Waals surface area contributed by atoms with Crippen LogP contribution in [0.15, 0.2) is 24.3 Å². The normalized spacial score (nSPS) is 35.2. The highest BCUT2D eigenvalue weighted by Gasteiger charge is 2.52. The third kappa shape index (κ3) is 3.22. The molecule has 4 fully saturated rings. The van der Waals surface area contributed by atoms with Gasteiger partial charge in [0.15, 0.2) is 0 Å². The number of hydrogen-bond donors (Lipinski definition) is 1. The van der Waals surface area contributed by atoms with Crippen molar-refractivity contribution < 1.29 is 4.74 Å². The third-order valence-electron chi connectivity index (χ3n) is 7.01. The van der Waals surface area contributed by atoms with E-state index in [-0.39, 0.29) is 0 Å². The van der Waals surface area contributed by atoms with Gasteiger partial charge < -0.3 is 10.1 Å². The van der Waals surface area contributed by atoms with E-state index in [1.165, 1.54) is 44.1 Å². The summed E-state index contributed by atoms with van der Waals surface area (Å²) in [5.74, 6) is 4.11. The first kappa shape index (κ1) is 16.4. The van der Waals surface area contributed by atoms with E-state index in [9.17, 15) is 0 Å². The lowest BCUT2D eigenvalue weighted by atomic mass is 9.48. The fraction of sp³-hybridized carbons (Fsp3) is 0.727. The van der Waals surface area contributed by atoms with E-state index in [2.05, 4.69) is 43.4 Å². The standard InChI is InChI=1S/C22H33NO/c1-3-8-24-21-6-4-17(5-7-21)15-23-16(2)22-12-18-9-19(13-22)11-20(10-18)14-22/h4-7,16,18-20,23H,3,8-15H2,1-2H3. The van der Waals surface area contributed by atoms with E-state index in [4.69, 9.17) is 4.74 Å². The van der Waals surface area contributed by atoms with Gasteiger partial charge in [-0.2, -0.15) is 0 Å². The van der Waals surface area contributed by atoms with Crippen molar-refractivity contribution in [3.8, 4) is 5.75 Å². The highest BCUT2D eigenvalue weighted by Crippen LogP contribution is 2.61. The summed E-state index contributed by atoms with van der Waals surface area (Å²) in [6, 6.07) is 9.29. The molecule has 1 aromatic rings. The van der Waals surface area contributed by atoms with E-state index in [0.717, 1.165) is 43.1 Å². The van der Waals surface area contributed by atoms with Crippen LogP contribution in [0.25, 0.3) is 0 Å². The van der Waals surface area contributed by atoms with Gasteiger partial charge in [-0.05, 0) is 92.7 Å². The maximum absolute atomic E-state index is 5.68. The van der Waals surface area contributed by atoms with Crippen molar-refractivity contribution in [1.29, 1.82) is 0 Å². The highest BCUT2D eigenvalue weighted by atomic mass is 16.5. The second kappa shape index (κ2) is 6.71. The van der Waals surface area contributed by atoms with Gasteiger partial charge in [0.05, 0.1) is 6.61 Å². The summed E-state index contributed by atoms with van der Waals surface area (Å²) in [5.41, 5.74) is 1.97. The Morgan fingerprint density at radius 1 is 1.04 bits per heavy atom.